The van der Waals surface area contributed by atoms with E-state index in [9.17, 15) is 31.5 Å². The van der Waals surface area contributed by atoms with Crippen molar-refractivity contribution in [3.05, 3.63) is 101 Å². The Morgan fingerprint density at radius 1 is 0.844 bits per heavy atom. The van der Waals surface area contributed by atoms with Gasteiger partial charge >= 0.3 is 6.18 Å². The van der Waals surface area contributed by atoms with Crippen LogP contribution in [0.4, 0.5) is 33.6 Å². The van der Waals surface area contributed by atoms with Crippen molar-refractivity contribution < 1.29 is 41.0 Å². The number of carbonyl (C=O) groups excluding carboxylic acids is 2. The monoisotopic (exact) mass is 904 g/mol. The number of ether oxygens (including phenoxy) is 2. The fourth-order valence-corrected chi connectivity index (χ4v) is 7.26. The number of aromatic amines is 2. The van der Waals surface area contributed by atoms with Crippen LogP contribution in [0.5, 0.6) is 5.75 Å². The second-order valence-electron chi connectivity index (χ2n) is 14.7. The van der Waals surface area contributed by atoms with E-state index in [4.69, 9.17) is 21.1 Å². The molecule has 0 saturated carbocycles. The highest BCUT2D eigenvalue weighted by Crippen LogP contribution is 2.34. The fourth-order valence-electron chi connectivity index (χ4n) is 7.10. The minimum Gasteiger partial charge on any atom is -0.497 e. The number of amides is 2. The molecular formula is C42H38ClF5N12O4. The van der Waals surface area contributed by atoms with Crippen LogP contribution in [-0.2, 0) is 27.0 Å². The van der Waals surface area contributed by atoms with Gasteiger partial charge in [-0.15, -0.1) is 0 Å². The van der Waals surface area contributed by atoms with E-state index >= 15 is 0 Å². The highest BCUT2D eigenvalue weighted by molar-refractivity contribution is 6.31. The van der Waals surface area contributed by atoms with E-state index in [2.05, 4.69) is 55.8 Å². The number of halogens is 6. The van der Waals surface area contributed by atoms with Crippen LogP contribution in [0, 0.1) is 11.6 Å². The first kappa shape index (κ1) is 43.6. The Hall–Kier alpha value is -7.00. The van der Waals surface area contributed by atoms with Crippen LogP contribution in [0.3, 0.4) is 0 Å². The number of hydrogen-bond donors (Lipinski definition) is 5. The molecule has 9 rings (SSSR count). The molecule has 0 radical (unpaired) electrons. The lowest BCUT2D eigenvalue weighted by molar-refractivity contribution is -0.137. The van der Waals surface area contributed by atoms with Crippen molar-refractivity contribution in [3.63, 3.8) is 0 Å². The third-order valence-corrected chi connectivity index (χ3v) is 10.6. The number of nitrogens with one attached hydrogen (secondary N) is 5. The molecule has 0 spiro atoms. The van der Waals surface area contributed by atoms with Crippen LogP contribution in [0.1, 0.15) is 30.4 Å². The first-order valence-corrected chi connectivity index (χ1v) is 20.3. The number of methoxy groups -OCH3 is 1. The lowest BCUT2D eigenvalue weighted by atomic mass is 10.1. The molecule has 64 heavy (non-hydrogen) atoms. The van der Waals surface area contributed by atoms with Gasteiger partial charge in [0.15, 0.2) is 34.9 Å². The maximum atomic E-state index is 14.7. The molecule has 22 heteroatoms. The molecule has 2 aliphatic heterocycles. The van der Waals surface area contributed by atoms with Crippen molar-refractivity contribution in [3.8, 4) is 28.5 Å². The van der Waals surface area contributed by atoms with Crippen LogP contribution in [-0.4, -0.2) is 102 Å². The molecule has 1 aromatic carbocycles. The van der Waals surface area contributed by atoms with Crippen LogP contribution >= 0.6 is 11.6 Å². The third-order valence-electron chi connectivity index (χ3n) is 10.4. The molecular weight excluding hydrogens is 867 g/mol. The van der Waals surface area contributed by atoms with Gasteiger partial charge in [-0.3, -0.25) is 9.59 Å². The number of alkyl halides is 3. The smallest absolute Gasteiger partial charge is 0.417 e. The fraction of sp³-hybridized carbons (Fsp3) is 0.286. The summed E-state index contributed by atoms with van der Waals surface area (Å²) >= 11 is 6.09. The molecule has 7 aromatic rings. The van der Waals surface area contributed by atoms with Gasteiger partial charge in [0.05, 0.1) is 43.3 Å². The van der Waals surface area contributed by atoms with Gasteiger partial charge in [-0.2, -0.15) is 13.2 Å². The normalized spacial score (nSPS) is 17.0. The van der Waals surface area contributed by atoms with Gasteiger partial charge in [0.25, 0.3) is 0 Å². The molecule has 16 nitrogen and oxygen atoms in total. The van der Waals surface area contributed by atoms with Crippen molar-refractivity contribution in [2.45, 2.75) is 44.1 Å². The van der Waals surface area contributed by atoms with Gasteiger partial charge in [-0.25, -0.2) is 38.7 Å². The zero-order valence-corrected chi connectivity index (χ0v) is 34.5. The first-order chi connectivity index (χ1) is 30.8. The summed E-state index contributed by atoms with van der Waals surface area (Å²) in [6, 6.07) is 8.69. The number of H-pyrrole nitrogens is 2. The van der Waals surface area contributed by atoms with Crippen molar-refractivity contribution in [1.82, 2.24) is 50.1 Å². The number of rotatable bonds is 9. The minimum absolute atomic E-state index is 0.00954. The summed E-state index contributed by atoms with van der Waals surface area (Å²) < 4.78 is 78.8. The molecule has 0 aliphatic carbocycles. The molecule has 2 aliphatic rings. The summed E-state index contributed by atoms with van der Waals surface area (Å²) in [7, 11) is 1.60. The van der Waals surface area contributed by atoms with Crippen molar-refractivity contribution in [1.29, 1.82) is 0 Å². The Labute approximate surface area is 365 Å². The second-order valence-corrected chi connectivity index (χ2v) is 15.2. The zero-order valence-electron chi connectivity index (χ0n) is 33.8. The maximum Gasteiger partial charge on any atom is 0.417 e. The van der Waals surface area contributed by atoms with Gasteiger partial charge < -0.3 is 40.3 Å². The summed E-state index contributed by atoms with van der Waals surface area (Å²) in [5, 5.41) is 9.75. The zero-order chi connectivity index (χ0) is 45.0. The predicted octanol–water partition coefficient (Wildman–Crippen LogP) is 6.92. The van der Waals surface area contributed by atoms with Gasteiger partial charge in [-0.1, -0.05) is 23.7 Å². The Morgan fingerprint density at radius 2 is 1.47 bits per heavy atom. The molecule has 2 fully saturated rings. The number of fused-ring (bicyclic) bond motifs is 2. The van der Waals surface area contributed by atoms with E-state index in [-0.39, 0.29) is 58.3 Å². The molecule has 0 unspecified atom stereocenters. The minimum atomic E-state index is -4.56. The Morgan fingerprint density at radius 3 is 2.11 bits per heavy atom. The number of nitrogens with zero attached hydrogens (tertiary/aromatic N) is 7. The van der Waals surface area contributed by atoms with Gasteiger partial charge in [-0.05, 0) is 49.1 Å². The molecule has 2 atom stereocenters. The van der Waals surface area contributed by atoms with Crippen LogP contribution < -0.4 is 20.7 Å². The van der Waals surface area contributed by atoms with E-state index in [0.717, 1.165) is 48.8 Å². The average Bonchev–Trinajstić information content (AvgIpc) is 3.80. The molecule has 0 bridgehead atoms. The molecule has 2 saturated heterocycles. The van der Waals surface area contributed by atoms with Gasteiger partial charge in [0.2, 0.25) is 11.8 Å². The quantitative estimate of drug-likeness (QED) is 0.0939. The summed E-state index contributed by atoms with van der Waals surface area (Å²) in [6.45, 7) is 1.83. The Balaban J connectivity index is 0.000000178. The number of pyridine rings is 2. The van der Waals surface area contributed by atoms with Gasteiger partial charge in [0.1, 0.15) is 29.1 Å². The van der Waals surface area contributed by atoms with Gasteiger partial charge in [0, 0.05) is 66.3 Å². The number of hydrogen-bond acceptors (Lipinski definition) is 12. The van der Waals surface area contributed by atoms with Crippen LogP contribution in [0.2, 0.25) is 5.02 Å². The number of anilines is 2. The molecule has 6 aromatic heterocycles. The van der Waals surface area contributed by atoms with Crippen molar-refractivity contribution >= 4 is 57.1 Å². The largest absolute Gasteiger partial charge is 0.497 e. The molecule has 5 N–H and O–H groups in total. The molecule has 2 amide bonds. The molecule has 8 heterocycles. The van der Waals surface area contributed by atoms with Crippen molar-refractivity contribution in [2.75, 3.05) is 44.0 Å². The topological polar surface area (TPSA) is 201 Å². The third kappa shape index (κ3) is 9.79. The lowest BCUT2D eigenvalue weighted by Crippen LogP contribution is -2.43. The van der Waals surface area contributed by atoms with E-state index < -0.39 is 35.5 Å². The SMILES string of the molecule is COc1ccc(CN2CCOC[C@H](Nc3nc(-c4c[nH]c5ncc(Cl)cc45)ncc3F)C2=O)cc1.O=C1NCCCC[C@@H]1Nc1nc(-c2c[nH]c3ncc(C(F)(F)F)cc23)ncc1F. The van der Waals surface area contributed by atoms with Crippen molar-refractivity contribution in [2.24, 2.45) is 0 Å². The summed E-state index contributed by atoms with van der Waals surface area (Å²) in [6.07, 6.45) is 4.89. The van der Waals surface area contributed by atoms with E-state index in [1.165, 1.54) is 12.4 Å². The summed E-state index contributed by atoms with van der Waals surface area (Å²) in [5.41, 5.74) is 1.71. The maximum absolute atomic E-state index is 14.7. The Kier molecular flexibility index (Phi) is 12.8. The van der Waals surface area contributed by atoms with E-state index in [0.29, 0.717) is 54.3 Å². The highest BCUT2D eigenvalue weighted by Gasteiger charge is 2.32. The van der Waals surface area contributed by atoms with E-state index in [1.54, 1.807) is 24.3 Å². The Bertz CT molecular complexity index is 2810. The summed E-state index contributed by atoms with van der Waals surface area (Å²) in [4.78, 5) is 57.3. The summed E-state index contributed by atoms with van der Waals surface area (Å²) in [5.74, 6) is -1.17. The first-order valence-electron chi connectivity index (χ1n) is 19.9. The predicted molar refractivity (Wildman–Crippen MR) is 225 cm³/mol. The lowest BCUT2D eigenvalue weighted by Gasteiger charge is -2.24. The van der Waals surface area contributed by atoms with E-state index in [1.807, 2.05) is 24.3 Å². The standard InChI is InChI=1S/C24H22ClFN6O3.C18H16F4N6O/c1-34-16-4-2-14(3-5-16)12-32-6-7-35-13-20(24(32)33)30-23-19(26)11-29-22(31-23)18-10-28-21-17(18)8-15(25)9-27-21;19-12-8-26-15(28-16(12)27-13-3-1-2-4-23-17(13)29)11-7-25-14-10(11)5-9(6-24-14)18(20,21)22/h2-5,8-11,20H,6-7,12-13H2,1H3,(H,27,28)(H,29,30,31);5-8,13H,1-4H2,(H,23,29)(H,24,25)(H,26,27,28)/t20-;13-/m00/s1. The second kappa shape index (κ2) is 18.8. The average molecular weight is 905 g/mol. The highest BCUT2D eigenvalue weighted by atomic mass is 35.5. The van der Waals surface area contributed by atoms with Crippen LogP contribution in [0.25, 0.3) is 44.8 Å². The number of carbonyl (C=O) groups is 2. The van der Waals surface area contributed by atoms with Crippen LogP contribution in [0.15, 0.2) is 73.6 Å². The molecule has 332 valence electrons. The number of benzene rings is 1. The number of aromatic nitrogens is 8.